The molecule has 184 valence electrons. The molecule has 37 heavy (non-hydrogen) atoms. The zero-order chi connectivity index (χ0) is 25.6. The number of halogens is 1. The molecule has 0 fully saturated rings. The molecule has 0 amide bonds. The number of hydrogen-bond donors (Lipinski definition) is 0. The second-order valence-corrected chi connectivity index (χ2v) is 8.84. The van der Waals surface area contributed by atoms with Gasteiger partial charge in [-0.25, -0.2) is 0 Å². The monoisotopic (exact) mass is 506 g/mol. The van der Waals surface area contributed by atoms with E-state index in [4.69, 9.17) is 26.1 Å². The zero-order valence-corrected chi connectivity index (χ0v) is 21.5. The first-order chi connectivity index (χ1) is 18.2. The lowest BCUT2D eigenvalue weighted by atomic mass is 10.1. The minimum absolute atomic E-state index is 0.605. The van der Waals surface area contributed by atoms with Gasteiger partial charge in [-0.05, 0) is 66.6 Å². The molecule has 0 saturated heterocycles. The van der Waals surface area contributed by atoms with E-state index in [0.29, 0.717) is 23.1 Å². The van der Waals surface area contributed by atoms with Gasteiger partial charge in [-0.2, -0.15) is 0 Å². The predicted octanol–water partition coefficient (Wildman–Crippen LogP) is 8.62. The number of nitrogens with zero attached hydrogens (tertiary/aromatic N) is 2. The van der Waals surface area contributed by atoms with Gasteiger partial charge in [-0.3, -0.25) is 4.99 Å². The fourth-order valence-electron chi connectivity index (χ4n) is 4.37. The average molecular weight is 507 g/mol. The third-order valence-electron chi connectivity index (χ3n) is 6.04. The molecule has 0 bridgehead atoms. The Morgan fingerprint density at radius 1 is 0.811 bits per heavy atom. The summed E-state index contributed by atoms with van der Waals surface area (Å²) in [5.74, 6) is 1.51. The van der Waals surface area contributed by atoms with Crippen molar-refractivity contribution in [2.45, 2.75) is 6.92 Å². The molecular weight excluding hydrogens is 480 g/mol. The summed E-state index contributed by atoms with van der Waals surface area (Å²) in [6.45, 7) is 2.61. The van der Waals surface area contributed by atoms with E-state index in [-0.39, 0.29) is 0 Å². The van der Waals surface area contributed by atoms with Gasteiger partial charge in [0.25, 0.3) is 0 Å². The second-order valence-electron chi connectivity index (χ2n) is 8.40. The number of benzene rings is 4. The van der Waals surface area contributed by atoms with Crippen molar-refractivity contribution >= 4 is 23.5 Å². The van der Waals surface area contributed by atoms with E-state index >= 15 is 0 Å². The molecule has 0 N–H and O–H groups in total. The molecule has 1 heterocycles. The van der Waals surface area contributed by atoms with Crippen LogP contribution in [0.25, 0.3) is 28.2 Å². The van der Waals surface area contributed by atoms with Crippen molar-refractivity contribution in [1.82, 2.24) is 4.57 Å². The fourth-order valence-corrected chi connectivity index (χ4v) is 4.54. The van der Waals surface area contributed by atoms with E-state index in [2.05, 4.69) is 59.2 Å². The number of hydrogen-bond acceptors (Lipinski definition) is 3. The average Bonchev–Trinajstić information content (AvgIpc) is 3.33. The van der Waals surface area contributed by atoms with E-state index in [1.165, 1.54) is 0 Å². The van der Waals surface area contributed by atoms with Crippen LogP contribution in [-0.4, -0.2) is 24.5 Å². The Hall–Kier alpha value is -4.28. The molecule has 0 spiro atoms. The Morgan fingerprint density at radius 2 is 1.49 bits per heavy atom. The van der Waals surface area contributed by atoms with Gasteiger partial charge in [0.15, 0.2) is 0 Å². The van der Waals surface area contributed by atoms with E-state index in [9.17, 15) is 0 Å². The topological polar surface area (TPSA) is 35.8 Å². The second kappa shape index (κ2) is 11.2. The lowest BCUT2D eigenvalue weighted by Gasteiger charge is -2.15. The molecular formula is C32H27ClN2O2. The maximum atomic E-state index is 6.26. The van der Waals surface area contributed by atoms with Gasteiger partial charge >= 0.3 is 0 Å². The highest BCUT2D eigenvalue weighted by molar-refractivity contribution is 6.30. The van der Waals surface area contributed by atoms with Crippen molar-refractivity contribution in [3.8, 4) is 39.7 Å². The van der Waals surface area contributed by atoms with E-state index < -0.39 is 0 Å². The largest absolute Gasteiger partial charge is 0.494 e. The summed E-state index contributed by atoms with van der Waals surface area (Å²) in [4.78, 5) is 4.81. The van der Waals surface area contributed by atoms with Gasteiger partial charge in [0, 0.05) is 22.5 Å². The summed E-state index contributed by atoms with van der Waals surface area (Å²) in [6.07, 6.45) is 1.88. The maximum Gasteiger partial charge on any atom is 0.144 e. The lowest BCUT2D eigenvalue weighted by molar-refractivity contribution is 0.340. The van der Waals surface area contributed by atoms with Crippen LogP contribution >= 0.6 is 11.6 Å². The van der Waals surface area contributed by atoms with Crippen LogP contribution in [0.1, 0.15) is 12.5 Å². The van der Waals surface area contributed by atoms with E-state index in [1.54, 1.807) is 19.2 Å². The Morgan fingerprint density at radius 3 is 2.14 bits per heavy atom. The zero-order valence-electron chi connectivity index (χ0n) is 20.8. The van der Waals surface area contributed by atoms with Gasteiger partial charge in [0.05, 0.1) is 25.1 Å². The molecule has 5 heteroatoms. The van der Waals surface area contributed by atoms with Gasteiger partial charge in [-0.1, -0.05) is 72.3 Å². The van der Waals surface area contributed by atoms with Crippen LogP contribution in [0.2, 0.25) is 5.02 Å². The Labute approximate surface area is 222 Å². The predicted molar refractivity (Wildman–Crippen MR) is 153 cm³/mol. The summed E-state index contributed by atoms with van der Waals surface area (Å²) in [7, 11) is 1.63. The number of aliphatic imine (C=N–C) groups is 1. The Balaban J connectivity index is 1.75. The number of aromatic nitrogens is 1. The van der Waals surface area contributed by atoms with Crippen molar-refractivity contribution in [3.05, 3.63) is 120 Å². The van der Waals surface area contributed by atoms with Crippen LogP contribution in [0.5, 0.6) is 11.5 Å². The molecule has 0 aliphatic rings. The van der Waals surface area contributed by atoms with Gasteiger partial charge in [0.2, 0.25) is 0 Å². The molecule has 0 radical (unpaired) electrons. The van der Waals surface area contributed by atoms with Crippen LogP contribution in [0, 0.1) is 0 Å². The number of methoxy groups -OCH3 is 1. The third-order valence-corrected chi connectivity index (χ3v) is 6.27. The van der Waals surface area contributed by atoms with Gasteiger partial charge in [-0.15, -0.1) is 0 Å². The molecule has 0 atom stereocenters. The first-order valence-electron chi connectivity index (χ1n) is 12.2. The standard InChI is InChI=1S/C32H27ClN2O2/c1-3-37-28-17-15-27(16-18-28)35-30(23-10-6-4-7-11-23)20-25(32(35)24-12-8-5-9-13-24)22-34-29-21-26(33)14-19-31(29)36-2/h4-22H,3H2,1-2H3. The van der Waals surface area contributed by atoms with Crippen LogP contribution in [-0.2, 0) is 0 Å². The number of rotatable bonds is 8. The van der Waals surface area contributed by atoms with Crippen molar-refractivity contribution in [1.29, 1.82) is 0 Å². The smallest absolute Gasteiger partial charge is 0.144 e. The first-order valence-corrected chi connectivity index (χ1v) is 12.5. The molecule has 0 aliphatic carbocycles. The normalized spacial score (nSPS) is 11.1. The van der Waals surface area contributed by atoms with Crippen LogP contribution in [0.15, 0.2) is 114 Å². The summed E-state index contributed by atoms with van der Waals surface area (Å²) >= 11 is 6.26. The van der Waals surface area contributed by atoms with Crippen LogP contribution < -0.4 is 9.47 Å². The minimum atomic E-state index is 0.605. The molecule has 5 rings (SSSR count). The molecule has 5 aromatic rings. The minimum Gasteiger partial charge on any atom is -0.494 e. The van der Waals surface area contributed by atoms with Crippen molar-refractivity contribution in [2.24, 2.45) is 4.99 Å². The summed E-state index contributed by atoms with van der Waals surface area (Å²) in [6, 6.07) is 36.5. The SMILES string of the molecule is CCOc1ccc(-n2c(-c3ccccc3)cc(C=Nc3cc(Cl)ccc3OC)c2-c2ccccc2)cc1. The number of ether oxygens (including phenoxy) is 2. The first kappa shape index (κ1) is 24.4. The van der Waals surface area contributed by atoms with Crippen molar-refractivity contribution < 1.29 is 9.47 Å². The summed E-state index contributed by atoms with van der Waals surface area (Å²) in [5, 5.41) is 0.605. The highest BCUT2D eigenvalue weighted by Gasteiger charge is 2.19. The molecule has 0 aliphatic heterocycles. The van der Waals surface area contributed by atoms with Crippen LogP contribution in [0.4, 0.5) is 5.69 Å². The molecule has 0 unspecified atom stereocenters. The molecule has 0 saturated carbocycles. The van der Waals surface area contributed by atoms with Crippen molar-refractivity contribution in [3.63, 3.8) is 0 Å². The van der Waals surface area contributed by atoms with E-state index in [1.807, 2.05) is 55.6 Å². The maximum absolute atomic E-state index is 6.26. The quantitative estimate of drug-likeness (QED) is 0.197. The van der Waals surface area contributed by atoms with Gasteiger partial charge in [0.1, 0.15) is 17.2 Å². The van der Waals surface area contributed by atoms with E-state index in [0.717, 1.165) is 39.5 Å². The van der Waals surface area contributed by atoms with Crippen molar-refractivity contribution in [2.75, 3.05) is 13.7 Å². The highest BCUT2D eigenvalue weighted by Crippen LogP contribution is 2.37. The Kier molecular flexibility index (Phi) is 7.38. The van der Waals surface area contributed by atoms with Crippen LogP contribution in [0.3, 0.4) is 0 Å². The third kappa shape index (κ3) is 5.30. The molecule has 4 nitrogen and oxygen atoms in total. The lowest BCUT2D eigenvalue weighted by Crippen LogP contribution is -2.01. The highest BCUT2D eigenvalue weighted by atomic mass is 35.5. The molecule has 1 aromatic heterocycles. The Bertz CT molecular complexity index is 1510. The van der Waals surface area contributed by atoms with Gasteiger partial charge < -0.3 is 14.0 Å². The summed E-state index contributed by atoms with van der Waals surface area (Å²) < 4.78 is 13.5. The summed E-state index contributed by atoms with van der Waals surface area (Å²) in [5.41, 5.74) is 6.95. The molecule has 4 aromatic carbocycles. The fraction of sp³-hybridized carbons (Fsp3) is 0.0938.